The highest BCUT2D eigenvalue weighted by Crippen LogP contribution is 2.09. The summed E-state index contributed by atoms with van der Waals surface area (Å²) in [5.41, 5.74) is 7.56. The van der Waals surface area contributed by atoms with Crippen molar-refractivity contribution in [3.05, 3.63) is 59.9 Å². The summed E-state index contributed by atoms with van der Waals surface area (Å²) in [6.07, 6.45) is 2.47. The second kappa shape index (κ2) is 7.51. The average molecular weight is 258 g/mol. The summed E-state index contributed by atoms with van der Waals surface area (Å²) in [4.78, 5) is 4.24. The van der Waals surface area contributed by atoms with Crippen LogP contribution in [0, 0.1) is 0 Å². The van der Waals surface area contributed by atoms with Crippen LogP contribution in [0.2, 0.25) is 0 Å². The molecular weight excluding hydrogens is 240 g/mol. The Morgan fingerprint density at radius 2 is 1.89 bits per heavy atom. The number of hydrogen-bond acceptors (Lipinski definition) is 4. The standard InChI is InChI=1S/C15H18N2O2/c16-9-8-14-6-7-15(10-17-14)19-12-18-11-13-4-2-1-3-5-13/h1-7,10H,8-9,11-12,16H2. The Bertz CT molecular complexity index is 471. The summed E-state index contributed by atoms with van der Waals surface area (Å²) in [5.74, 6) is 0.703. The summed E-state index contributed by atoms with van der Waals surface area (Å²) in [7, 11) is 0. The second-order valence-corrected chi connectivity index (χ2v) is 4.12. The van der Waals surface area contributed by atoms with Crippen LogP contribution in [-0.2, 0) is 17.8 Å². The smallest absolute Gasteiger partial charge is 0.189 e. The van der Waals surface area contributed by atoms with Crippen LogP contribution in [0.5, 0.6) is 5.75 Å². The summed E-state index contributed by atoms with van der Waals surface area (Å²) >= 11 is 0. The fourth-order valence-electron chi connectivity index (χ4n) is 1.64. The molecule has 4 nitrogen and oxygen atoms in total. The third-order valence-corrected chi connectivity index (χ3v) is 2.62. The highest BCUT2D eigenvalue weighted by molar-refractivity contribution is 5.19. The van der Waals surface area contributed by atoms with Crippen LogP contribution < -0.4 is 10.5 Å². The van der Waals surface area contributed by atoms with Gasteiger partial charge in [-0.1, -0.05) is 30.3 Å². The lowest BCUT2D eigenvalue weighted by molar-refractivity contribution is 0.00484. The van der Waals surface area contributed by atoms with Crippen LogP contribution in [0.4, 0.5) is 0 Å². The Balaban J connectivity index is 1.70. The first-order valence-corrected chi connectivity index (χ1v) is 6.28. The van der Waals surface area contributed by atoms with Gasteiger partial charge in [0.1, 0.15) is 5.75 Å². The number of nitrogens with two attached hydrogens (primary N) is 1. The van der Waals surface area contributed by atoms with E-state index in [4.69, 9.17) is 15.2 Å². The molecule has 19 heavy (non-hydrogen) atoms. The topological polar surface area (TPSA) is 57.4 Å². The zero-order valence-corrected chi connectivity index (χ0v) is 10.8. The summed E-state index contributed by atoms with van der Waals surface area (Å²) in [6, 6.07) is 13.8. The van der Waals surface area contributed by atoms with Crippen molar-refractivity contribution in [1.82, 2.24) is 4.98 Å². The number of ether oxygens (including phenoxy) is 2. The molecule has 0 spiro atoms. The lowest BCUT2D eigenvalue weighted by Crippen LogP contribution is -2.05. The Morgan fingerprint density at radius 3 is 2.58 bits per heavy atom. The SMILES string of the molecule is NCCc1ccc(OCOCc2ccccc2)cn1. The number of hydrogen-bond donors (Lipinski definition) is 1. The maximum Gasteiger partial charge on any atom is 0.189 e. The van der Waals surface area contributed by atoms with Crippen LogP contribution in [0.1, 0.15) is 11.3 Å². The summed E-state index contributed by atoms with van der Waals surface area (Å²) in [6.45, 7) is 1.36. The highest BCUT2D eigenvalue weighted by atomic mass is 16.7. The minimum Gasteiger partial charge on any atom is -0.466 e. The highest BCUT2D eigenvalue weighted by Gasteiger charge is 1.97. The Morgan fingerprint density at radius 1 is 1.05 bits per heavy atom. The van der Waals surface area contributed by atoms with Gasteiger partial charge in [-0.05, 0) is 24.2 Å². The molecule has 2 aromatic rings. The minimum atomic E-state index is 0.215. The lowest BCUT2D eigenvalue weighted by Gasteiger charge is -2.07. The van der Waals surface area contributed by atoms with E-state index >= 15 is 0 Å². The first kappa shape index (κ1) is 13.5. The van der Waals surface area contributed by atoms with Crippen molar-refractivity contribution in [2.75, 3.05) is 13.3 Å². The van der Waals surface area contributed by atoms with Crippen molar-refractivity contribution >= 4 is 0 Å². The molecule has 0 atom stereocenters. The molecule has 0 fully saturated rings. The number of aromatic nitrogens is 1. The largest absolute Gasteiger partial charge is 0.466 e. The normalized spacial score (nSPS) is 10.4. The van der Waals surface area contributed by atoms with E-state index in [-0.39, 0.29) is 6.79 Å². The van der Waals surface area contributed by atoms with Crippen molar-refractivity contribution in [2.24, 2.45) is 5.73 Å². The molecule has 1 aromatic heterocycles. The molecule has 0 radical (unpaired) electrons. The molecule has 100 valence electrons. The van der Waals surface area contributed by atoms with Gasteiger partial charge in [-0.2, -0.15) is 0 Å². The van der Waals surface area contributed by atoms with Crippen LogP contribution in [-0.4, -0.2) is 18.3 Å². The van der Waals surface area contributed by atoms with Crippen molar-refractivity contribution in [3.63, 3.8) is 0 Å². The van der Waals surface area contributed by atoms with Crippen molar-refractivity contribution in [1.29, 1.82) is 0 Å². The van der Waals surface area contributed by atoms with E-state index in [0.29, 0.717) is 18.9 Å². The zero-order valence-electron chi connectivity index (χ0n) is 10.8. The fraction of sp³-hybridized carbons (Fsp3) is 0.267. The number of nitrogens with zero attached hydrogens (tertiary/aromatic N) is 1. The maximum absolute atomic E-state index is 5.46. The number of rotatable bonds is 7. The Labute approximate surface area is 113 Å². The van der Waals surface area contributed by atoms with Crippen LogP contribution in [0.25, 0.3) is 0 Å². The van der Waals surface area contributed by atoms with E-state index in [1.807, 2.05) is 42.5 Å². The predicted molar refractivity (Wildman–Crippen MR) is 73.7 cm³/mol. The first-order chi connectivity index (χ1) is 9.38. The average Bonchev–Trinajstić information content (AvgIpc) is 2.47. The Hall–Kier alpha value is -1.91. The molecule has 0 unspecified atom stereocenters. The molecule has 0 saturated heterocycles. The van der Waals surface area contributed by atoms with Gasteiger partial charge in [-0.3, -0.25) is 4.98 Å². The third kappa shape index (κ3) is 4.69. The second-order valence-electron chi connectivity index (χ2n) is 4.12. The van der Waals surface area contributed by atoms with Gasteiger partial charge in [0.2, 0.25) is 0 Å². The van der Waals surface area contributed by atoms with E-state index in [1.54, 1.807) is 6.20 Å². The minimum absolute atomic E-state index is 0.215. The van der Waals surface area contributed by atoms with E-state index in [1.165, 1.54) is 0 Å². The zero-order chi connectivity index (χ0) is 13.3. The summed E-state index contributed by atoms with van der Waals surface area (Å²) in [5, 5.41) is 0. The first-order valence-electron chi connectivity index (χ1n) is 6.28. The lowest BCUT2D eigenvalue weighted by atomic mass is 10.2. The molecule has 2 N–H and O–H groups in total. The van der Waals surface area contributed by atoms with Gasteiger partial charge in [0.25, 0.3) is 0 Å². The van der Waals surface area contributed by atoms with Crippen molar-refractivity contribution in [3.8, 4) is 5.75 Å². The fourth-order valence-corrected chi connectivity index (χ4v) is 1.64. The van der Waals surface area contributed by atoms with Gasteiger partial charge in [0, 0.05) is 12.1 Å². The van der Waals surface area contributed by atoms with Crippen LogP contribution in [0.3, 0.4) is 0 Å². The molecular formula is C15H18N2O2. The number of pyridine rings is 1. The summed E-state index contributed by atoms with van der Waals surface area (Å²) < 4.78 is 10.9. The quantitative estimate of drug-likeness (QED) is 0.610. The Kier molecular flexibility index (Phi) is 5.34. The molecule has 1 aromatic carbocycles. The molecule has 1 heterocycles. The van der Waals surface area contributed by atoms with Crippen molar-refractivity contribution in [2.45, 2.75) is 13.0 Å². The van der Waals surface area contributed by atoms with Gasteiger partial charge in [-0.15, -0.1) is 0 Å². The van der Waals surface area contributed by atoms with Crippen molar-refractivity contribution < 1.29 is 9.47 Å². The third-order valence-electron chi connectivity index (χ3n) is 2.62. The van der Waals surface area contributed by atoms with E-state index in [2.05, 4.69) is 4.98 Å². The monoisotopic (exact) mass is 258 g/mol. The molecule has 0 amide bonds. The van der Waals surface area contributed by atoms with Gasteiger partial charge < -0.3 is 15.2 Å². The molecule has 0 aliphatic heterocycles. The molecule has 0 bridgehead atoms. The van der Waals surface area contributed by atoms with E-state index in [9.17, 15) is 0 Å². The number of benzene rings is 1. The molecule has 0 aliphatic rings. The van der Waals surface area contributed by atoms with Gasteiger partial charge in [0.15, 0.2) is 6.79 Å². The van der Waals surface area contributed by atoms with Gasteiger partial charge in [0.05, 0.1) is 12.8 Å². The predicted octanol–water partition coefficient (Wildman–Crippen LogP) is 2.14. The van der Waals surface area contributed by atoms with E-state index < -0.39 is 0 Å². The van der Waals surface area contributed by atoms with Crippen LogP contribution >= 0.6 is 0 Å². The van der Waals surface area contributed by atoms with Gasteiger partial charge >= 0.3 is 0 Å². The molecule has 0 aliphatic carbocycles. The molecule has 4 heteroatoms. The van der Waals surface area contributed by atoms with Gasteiger partial charge in [-0.25, -0.2) is 0 Å². The molecule has 0 saturated carbocycles. The van der Waals surface area contributed by atoms with E-state index in [0.717, 1.165) is 17.7 Å². The van der Waals surface area contributed by atoms with Crippen LogP contribution in [0.15, 0.2) is 48.7 Å². The maximum atomic E-state index is 5.46. The molecule has 2 rings (SSSR count).